The standard InChI is InChI=1S/C23H21F3N4O2/c1-14(9-17-5-3-4-6-22(17)31-23(24,25)26)30-32-19-10-18(12-27-13-19)16-7-8-21-20(11-16)15(2)28-29-21/h3-8,10-14,30H,9H2,1-2H3,(H,28,29). The molecule has 0 saturated heterocycles. The third-order valence-corrected chi connectivity index (χ3v) is 4.90. The van der Waals surface area contributed by atoms with Crippen LogP contribution in [0.15, 0.2) is 60.9 Å². The van der Waals surface area contributed by atoms with E-state index in [2.05, 4.69) is 25.4 Å². The maximum Gasteiger partial charge on any atom is 0.573 e. The van der Waals surface area contributed by atoms with E-state index in [9.17, 15) is 13.2 Å². The van der Waals surface area contributed by atoms with Gasteiger partial charge < -0.3 is 9.57 Å². The molecule has 4 rings (SSSR count). The number of aryl methyl sites for hydroxylation is 1. The van der Waals surface area contributed by atoms with Gasteiger partial charge in [-0.15, -0.1) is 13.2 Å². The molecule has 0 aliphatic carbocycles. The average molecular weight is 442 g/mol. The van der Waals surface area contributed by atoms with Crippen molar-refractivity contribution in [2.75, 3.05) is 0 Å². The zero-order chi connectivity index (χ0) is 22.7. The van der Waals surface area contributed by atoms with Crippen LogP contribution in [-0.4, -0.2) is 27.6 Å². The Morgan fingerprint density at radius 2 is 1.88 bits per heavy atom. The number of alkyl halides is 3. The van der Waals surface area contributed by atoms with Crippen molar-refractivity contribution in [1.82, 2.24) is 20.7 Å². The SMILES string of the molecule is Cc1n[nH]c2ccc(-c3cncc(ONC(C)Cc4ccccc4OC(F)(F)F)c3)cc12. The third-order valence-electron chi connectivity index (χ3n) is 4.90. The summed E-state index contributed by atoms with van der Waals surface area (Å²) in [4.78, 5) is 9.88. The number of aromatic nitrogens is 3. The van der Waals surface area contributed by atoms with E-state index in [1.54, 1.807) is 31.5 Å². The van der Waals surface area contributed by atoms with Crippen molar-refractivity contribution in [3.63, 3.8) is 0 Å². The topological polar surface area (TPSA) is 72.1 Å². The summed E-state index contributed by atoms with van der Waals surface area (Å²) in [5.41, 5.74) is 6.97. The molecule has 32 heavy (non-hydrogen) atoms. The fourth-order valence-electron chi connectivity index (χ4n) is 3.39. The number of fused-ring (bicyclic) bond motifs is 1. The molecule has 1 atom stereocenters. The predicted octanol–water partition coefficient (Wildman–Crippen LogP) is 5.35. The van der Waals surface area contributed by atoms with Crippen LogP contribution in [0.1, 0.15) is 18.2 Å². The highest BCUT2D eigenvalue weighted by Crippen LogP contribution is 2.28. The van der Waals surface area contributed by atoms with Crippen LogP contribution in [0.3, 0.4) is 0 Å². The van der Waals surface area contributed by atoms with E-state index in [-0.39, 0.29) is 18.2 Å². The van der Waals surface area contributed by atoms with Crippen LogP contribution < -0.4 is 15.1 Å². The van der Waals surface area contributed by atoms with Gasteiger partial charge in [0.2, 0.25) is 0 Å². The lowest BCUT2D eigenvalue weighted by molar-refractivity contribution is -0.274. The smallest absolute Gasteiger partial charge is 0.407 e. The lowest BCUT2D eigenvalue weighted by Gasteiger charge is -2.17. The van der Waals surface area contributed by atoms with Gasteiger partial charge in [-0.25, -0.2) is 0 Å². The van der Waals surface area contributed by atoms with Gasteiger partial charge in [0.1, 0.15) is 5.75 Å². The molecule has 1 unspecified atom stereocenters. The Hall–Kier alpha value is -3.59. The van der Waals surface area contributed by atoms with Crippen LogP contribution in [-0.2, 0) is 6.42 Å². The van der Waals surface area contributed by atoms with Gasteiger partial charge >= 0.3 is 6.36 Å². The number of H-pyrrole nitrogens is 1. The van der Waals surface area contributed by atoms with E-state index < -0.39 is 6.36 Å². The monoisotopic (exact) mass is 442 g/mol. The number of para-hydroxylation sites is 1. The van der Waals surface area contributed by atoms with Gasteiger partial charge in [0.15, 0.2) is 5.75 Å². The molecule has 2 aromatic carbocycles. The number of hydrogen-bond donors (Lipinski definition) is 2. The first-order valence-electron chi connectivity index (χ1n) is 9.94. The van der Waals surface area contributed by atoms with E-state index in [4.69, 9.17) is 4.84 Å². The molecule has 166 valence electrons. The van der Waals surface area contributed by atoms with Gasteiger partial charge in [-0.1, -0.05) is 24.3 Å². The van der Waals surface area contributed by atoms with Crippen molar-refractivity contribution >= 4 is 10.9 Å². The minimum atomic E-state index is -4.74. The molecule has 0 aliphatic heterocycles. The highest BCUT2D eigenvalue weighted by molar-refractivity contribution is 5.86. The zero-order valence-electron chi connectivity index (χ0n) is 17.4. The Labute approximate surface area is 182 Å². The van der Waals surface area contributed by atoms with E-state index in [0.717, 1.165) is 27.7 Å². The molecule has 2 aromatic heterocycles. The second-order valence-electron chi connectivity index (χ2n) is 7.46. The molecule has 0 fully saturated rings. The van der Waals surface area contributed by atoms with Crippen LogP contribution in [0.2, 0.25) is 0 Å². The summed E-state index contributed by atoms with van der Waals surface area (Å²) in [6.07, 6.45) is -1.17. The fraction of sp³-hybridized carbons (Fsp3) is 0.217. The molecule has 0 amide bonds. The average Bonchev–Trinajstić information content (AvgIpc) is 3.13. The highest BCUT2D eigenvalue weighted by atomic mass is 19.4. The molecule has 4 aromatic rings. The molecule has 2 heterocycles. The predicted molar refractivity (Wildman–Crippen MR) is 114 cm³/mol. The van der Waals surface area contributed by atoms with Crippen molar-refractivity contribution in [3.05, 3.63) is 72.2 Å². The minimum absolute atomic E-state index is 0.220. The van der Waals surface area contributed by atoms with Crippen LogP contribution in [0.5, 0.6) is 11.5 Å². The van der Waals surface area contributed by atoms with Crippen LogP contribution in [0.4, 0.5) is 13.2 Å². The van der Waals surface area contributed by atoms with Crippen molar-refractivity contribution in [3.8, 4) is 22.6 Å². The number of nitrogens with one attached hydrogen (secondary N) is 2. The van der Waals surface area contributed by atoms with Gasteiger partial charge in [0, 0.05) is 23.2 Å². The van der Waals surface area contributed by atoms with Crippen LogP contribution >= 0.6 is 0 Å². The normalized spacial score (nSPS) is 12.7. The highest BCUT2D eigenvalue weighted by Gasteiger charge is 2.32. The molecule has 0 radical (unpaired) electrons. The summed E-state index contributed by atoms with van der Waals surface area (Å²) in [7, 11) is 0. The summed E-state index contributed by atoms with van der Waals surface area (Å²) in [6.45, 7) is 3.74. The number of benzene rings is 2. The molecule has 0 saturated carbocycles. The lowest BCUT2D eigenvalue weighted by atomic mass is 10.0. The quantitative estimate of drug-likeness (QED) is 0.378. The van der Waals surface area contributed by atoms with Crippen molar-refractivity contribution in [2.24, 2.45) is 0 Å². The molecule has 2 N–H and O–H groups in total. The number of aromatic amines is 1. The van der Waals surface area contributed by atoms with E-state index >= 15 is 0 Å². The first-order valence-corrected chi connectivity index (χ1v) is 9.94. The van der Waals surface area contributed by atoms with Crippen molar-refractivity contribution < 1.29 is 22.7 Å². The van der Waals surface area contributed by atoms with Gasteiger partial charge in [0.25, 0.3) is 0 Å². The number of pyridine rings is 1. The first kappa shape index (κ1) is 21.6. The molecular formula is C23H21F3N4O2. The Kier molecular flexibility index (Phi) is 6.00. The zero-order valence-corrected chi connectivity index (χ0v) is 17.4. The Morgan fingerprint density at radius 1 is 1.06 bits per heavy atom. The number of ether oxygens (including phenoxy) is 1. The summed E-state index contributed by atoms with van der Waals surface area (Å²) in [6, 6.07) is 13.6. The third kappa shape index (κ3) is 5.17. The summed E-state index contributed by atoms with van der Waals surface area (Å²) in [5.74, 6) is 0.264. The van der Waals surface area contributed by atoms with E-state index in [0.29, 0.717) is 11.3 Å². The molecule has 0 spiro atoms. The van der Waals surface area contributed by atoms with Gasteiger partial charge in [-0.3, -0.25) is 10.1 Å². The number of hydrogen-bond acceptors (Lipinski definition) is 5. The van der Waals surface area contributed by atoms with Gasteiger partial charge in [-0.05, 0) is 55.7 Å². The summed E-state index contributed by atoms with van der Waals surface area (Å²) < 4.78 is 42.0. The molecule has 6 nitrogen and oxygen atoms in total. The second kappa shape index (κ2) is 8.88. The van der Waals surface area contributed by atoms with Gasteiger partial charge in [-0.2, -0.15) is 10.6 Å². The molecule has 0 aliphatic rings. The summed E-state index contributed by atoms with van der Waals surface area (Å²) >= 11 is 0. The van der Waals surface area contributed by atoms with Crippen LogP contribution in [0, 0.1) is 6.92 Å². The second-order valence-corrected chi connectivity index (χ2v) is 7.46. The van der Waals surface area contributed by atoms with E-state index in [1.807, 2.05) is 31.2 Å². The van der Waals surface area contributed by atoms with Gasteiger partial charge in [0.05, 0.1) is 17.4 Å². The van der Waals surface area contributed by atoms with E-state index in [1.165, 1.54) is 12.1 Å². The van der Waals surface area contributed by atoms with Crippen molar-refractivity contribution in [1.29, 1.82) is 0 Å². The summed E-state index contributed by atoms with van der Waals surface area (Å²) in [5, 5.41) is 8.21. The van der Waals surface area contributed by atoms with Crippen LogP contribution in [0.25, 0.3) is 22.0 Å². The molecule has 9 heteroatoms. The number of rotatable bonds is 7. The Bertz CT molecular complexity index is 1220. The van der Waals surface area contributed by atoms with Crippen molar-refractivity contribution in [2.45, 2.75) is 32.7 Å². The largest absolute Gasteiger partial charge is 0.573 e. The number of halogens is 3. The number of nitrogens with zero attached hydrogens (tertiary/aromatic N) is 2. The Morgan fingerprint density at radius 3 is 2.69 bits per heavy atom. The first-order chi connectivity index (χ1) is 15.3. The molecule has 0 bridgehead atoms. The minimum Gasteiger partial charge on any atom is -0.407 e. The number of hydroxylamine groups is 1. The Balaban J connectivity index is 1.43. The maximum atomic E-state index is 12.6. The maximum absolute atomic E-state index is 12.6. The molecular weight excluding hydrogens is 421 g/mol. The fourth-order valence-corrected chi connectivity index (χ4v) is 3.39. The lowest BCUT2D eigenvalue weighted by Crippen LogP contribution is -2.31.